The van der Waals surface area contributed by atoms with Crippen LogP contribution >= 0.6 is 0 Å². The van der Waals surface area contributed by atoms with Gasteiger partial charge in [-0.15, -0.1) is 0 Å². The predicted molar refractivity (Wildman–Crippen MR) is 75.2 cm³/mol. The number of benzene rings is 1. The summed E-state index contributed by atoms with van der Waals surface area (Å²) < 4.78 is 5.31. The molecule has 0 unspecified atom stereocenters. The molecule has 1 fully saturated rings. The van der Waals surface area contributed by atoms with Gasteiger partial charge in [0.2, 0.25) is 5.91 Å². The van der Waals surface area contributed by atoms with Gasteiger partial charge in [-0.25, -0.2) is 0 Å². The van der Waals surface area contributed by atoms with Gasteiger partial charge < -0.3 is 9.64 Å². The second-order valence-corrected chi connectivity index (χ2v) is 5.50. The number of nitrogens with zero attached hydrogens (tertiary/aromatic N) is 2. The molecule has 1 amide bonds. The van der Waals surface area contributed by atoms with E-state index in [0.717, 1.165) is 18.5 Å². The SMILES string of the molecule is N#CC1(C(=O)N2CCCc3ccccc32)CCOCC1. The highest BCUT2D eigenvalue weighted by Gasteiger charge is 2.44. The third-order valence-electron chi connectivity index (χ3n) is 4.33. The number of hydrogen-bond acceptors (Lipinski definition) is 3. The van der Waals surface area contributed by atoms with Crippen LogP contribution in [0.4, 0.5) is 5.69 Å². The molecule has 1 saturated heterocycles. The third kappa shape index (κ3) is 2.08. The van der Waals surface area contributed by atoms with E-state index in [1.807, 2.05) is 23.1 Å². The number of rotatable bonds is 1. The van der Waals surface area contributed by atoms with Crippen molar-refractivity contribution in [1.82, 2.24) is 0 Å². The summed E-state index contributed by atoms with van der Waals surface area (Å²) in [5.41, 5.74) is 1.28. The Morgan fingerprint density at radius 3 is 2.80 bits per heavy atom. The molecular formula is C16H18N2O2. The summed E-state index contributed by atoms with van der Waals surface area (Å²) in [5, 5.41) is 9.54. The van der Waals surface area contributed by atoms with Gasteiger partial charge in [-0.1, -0.05) is 18.2 Å². The van der Waals surface area contributed by atoms with Crippen molar-refractivity contribution < 1.29 is 9.53 Å². The largest absolute Gasteiger partial charge is 0.381 e. The van der Waals surface area contributed by atoms with Crippen molar-refractivity contribution in [3.05, 3.63) is 29.8 Å². The van der Waals surface area contributed by atoms with Crippen molar-refractivity contribution in [1.29, 1.82) is 5.26 Å². The van der Waals surface area contributed by atoms with Crippen LogP contribution in [0.25, 0.3) is 0 Å². The van der Waals surface area contributed by atoms with Gasteiger partial charge in [-0.3, -0.25) is 4.79 Å². The molecule has 4 heteroatoms. The van der Waals surface area contributed by atoms with Crippen LogP contribution in [0.1, 0.15) is 24.8 Å². The maximum atomic E-state index is 12.9. The lowest BCUT2D eigenvalue weighted by molar-refractivity contribution is -0.129. The van der Waals surface area contributed by atoms with Crippen LogP contribution in [0, 0.1) is 16.7 Å². The second-order valence-electron chi connectivity index (χ2n) is 5.50. The molecule has 4 nitrogen and oxygen atoms in total. The highest BCUT2D eigenvalue weighted by Crippen LogP contribution is 2.36. The average Bonchev–Trinajstić information content (AvgIpc) is 2.54. The zero-order valence-electron chi connectivity index (χ0n) is 11.5. The first-order valence-electron chi connectivity index (χ1n) is 7.16. The Hall–Kier alpha value is -1.86. The Morgan fingerprint density at radius 2 is 2.05 bits per heavy atom. The minimum atomic E-state index is -0.900. The quantitative estimate of drug-likeness (QED) is 0.786. The summed E-state index contributed by atoms with van der Waals surface area (Å²) in [6.07, 6.45) is 2.96. The molecule has 3 rings (SSSR count). The summed E-state index contributed by atoms with van der Waals surface area (Å²) in [7, 11) is 0. The zero-order valence-corrected chi connectivity index (χ0v) is 11.5. The van der Waals surface area contributed by atoms with Crippen molar-refractivity contribution in [3.8, 4) is 6.07 Å². The Kier molecular flexibility index (Phi) is 3.45. The molecule has 0 aliphatic carbocycles. The van der Waals surface area contributed by atoms with Crippen LogP contribution < -0.4 is 4.90 Å². The summed E-state index contributed by atoms with van der Waals surface area (Å²) in [6.45, 7) is 1.70. The fourth-order valence-electron chi connectivity index (χ4n) is 3.10. The van der Waals surface area contributed by atoms with Crippen molar-refractivity contribution in [2.24, 2.45) is 5.41 Å². The first kappa shape index (κ1) is 13.1. The van der Waals surface area contributed by atoms with E-state index in [1.54, 1.807) is 0 Å². The number of aryl methyl sites for hydroxylation is 1. The van der Waals surface area contributed by atoms with Crippen molar-refractivity contribution >= 4 is 11.6 Å². The molecule has 0 aromatic heterocycles. The molecule has 0 spiro atoms. The van der Waals surface area contributed by atoms with Crippen molar-refractivity contribution in [2.75, 3.05) is 24.7 Å². The molecule has 1 aromatic rings. The maximum absolute atomic E-state index is 12.9. The highest BCUT2D eigenvalue weighted by molar-refractivity contribution is 6.00. The van der Waals surface area contributed by atoms with Crippen molar-refractivity contribution in [2.45, 2.75) is 25.7 Å². The van der Waals surface area contributed by atoms with Gasteiger partial charge in [-0.2, -0.15) is 5.26 Å². The Bertz CT molecular complexity index is 556. The number of carbonyl (C=O) groups is 1. The molecule has 20 heavy (non-hydrogen) atoms. The summed E-state index contributed by atoms with van der Waals surface area (Å²) >= 11 is 0. The number of hydrogen-bond donors (Lipinski definition) is 0. The second kappa shape index (κ2) is 5.26. The minimum absolute atomic E-state index is 0.0459. The Labute approximate surface area is 118 Å². The van der Waals surface area contributed by atoms with E-state index in [0.29, 0.717) is 32.6 Å². The average molecular weight is 270 g/mol. The molecule has 0 N–H and O–H groups in total. The molecule has 0 atom stereocenters. The molecule has 104 valence electrons. The van der Waals surface area contributed by atoms with E-state index in [9.17, 15) is 10.1 Å². The normalized spacial score (nSPS) is 20.9. The number of amides is 1. The van der Waals surface area contributed by atoms with E-state index in [1.165, 1.54) is 5.56 Å². The predicted octanol–water partition coefficient (Wildman–Crippen LogP) is 2.29. The number of fused-ring (bicyclic) bond motifs is 1. The van der Waals surface area contributed by atoms with E-state index in [2.05, 4.69) is 12.1 Å². The lowest BCUT2D eigenvalue weighted by Crippen LogP contribution is -2.48. The van der Waals surface area contributed by atoms with Crippen LogP contribution in [0.15, 0.2) is 24.3 Å². The first-order valence-corrected chi connectivity index (χ1v) is 7.16. The van der Waals surface area contributed by atoms with Crippen LogP contribution in [0.5, 0.6) is 0 Å². The number of nitriles is 1. The topological polar surface area (TPSA) is 53.3 Å². The molecule has 2 heterocycles. The van der Waals surface area contributed by atoms with Gasteiger partial charge in [0.25, 0.3) is 0 Å². The van der Waals surface area contributed by atoms with E-state index >= 15 is 0 Å². The van der Waals surface area contributed by atoms with Gasteiger partial charge in [-0.05, 0) is 37.3 Å². The van der Waals surface area contributed by atoms with Crippen LogP contribution in [0.2, 0.25) is 0 Å². The minimum Gasteiger partial charge on any atom is -0.381 e. The molecular weight excluding hydrogens is 252 g/mol. The fraction of sp³-hybridized carbons (Fsp3) is 0.500. The molecule has 0 bridgehead atoms. The monoisotopic (exact) mass is 270 g/mol. The molecule has 0 radical (unpaired) electrons. The molecule has 1 aromatic carbocycles. The summed E-state index contributed by atoms with van der Waals surface area (Å²) in [5.74, 6) is -0.0459. The Balaban J connectivity index is 1.93. The Morgan fingerprint density at radius 1 is 1.30 bits per heavy atom. The van der Waals surface area contributed by atoms with Gasteiger partial charge in [0, 0.05) is 25.4 Å². The first-order chi connectivity index (χ1) is 9.77. The fourth-order valence-corrected chi connectivity index (χ4v) is 3.10. The van der Waals surface area contributed by atoms with E-state index in [-0.39, 0.29) is 5.91 Å². The molecule has 2 aliphatic heterocycles. The van der Waals surface area contributed by atoms with Gasteiger partial charge >= 0.3 is 0 Å². The number of para-hydroxylation sites is 1. The summed E-state index contributed by atoms with van der Waals surface area (Å²) in [6, 6.07) is 10.3. The number of ether oxygens (including phenoxy) is 1. The van der Waals surface area contributed by atoms with Crippen LogP contribution in [0.3, 0.4) is 0 Å². The van der Waals surface area contributed by atoms with Gasteiger partial charge in [0.1, 0.15) is 5.41 Å². The van der Waals surface area contributed by atoms with E-state index in [4.69, 9.17) is 4.74 Å². The van der Waals surface area contributed by atoms with Gasteiger partial charge in [0.05, 0.1) is 6.07 Å². The summed E-state index contributed by atoms with van der Waals surface area (Å²) in [4.78, 5) is 14.7. The van der Waals surface area contributed by atoms with Crippen molar-refractivity contribution in [3.63, 3.8) is 0 Å². The molecule has 2 aliphatic rings. The number of anilines is 1. The maximum Gasteiger partial charge on any atom is 0.247 e. The lowest BCUT2D eigenvalue weighted by Gasteiger charge is -2.37. The highest BCUT2D eigenvalue weighted by atomic mass is 16.5. The van der Waals surface area contributed by atoms with E-state index < -0.39 is 5.41 Å². The third-order valence-corrected chi connectivity index (χ3v) is 4.33. The zero-order chi connectivity index (χ0) is 14.0. The van der Waals surface area contributed by atoms with Crippen LogP contribution in [-0.4, -0.2) is 25.7 Å². The number of carbonyl (C=O) groups excluding carboxylic acids is 1. The van der Waals surface area contributed by atoms with Gasteiger partial charge in [0.15, 0.2) is 0 Å². The smallest absolute Gasteiger partial charge is 0.247 e. The standard InChI is InChI=1S/C16H18N2O2/c17-12-16(7-10-20-11-8-16)15(19)18-9-3-5-13-4-1-2-6-14(13)18/h1-2,4,6H,3,5,7-11H2. The lowest BCUT2D eigenvalue weighted by atomic mass is 9.79. The van der Waals surface area contributed by atoms with Crippen LogP contribution in [-0.2, 0) is 16.0 Å². The molecule has 0 saturated carbocycles.